The van der Waals surface area contributed by atoms with E-state index in [4.69, 9.17) is 30.8 Å². The minimum Gasteiger partial charge on any atom is -0.481 e. The van der Waals surface area contributed by atoms with E-state index < -0.39 is 30.9 Å². The number of carboxylic acids is 1. The predicted octanol–water partition coefficient (Wildman–Crippen LogP) is 2.95. The van der Waals surface area contributed by atoms with E-state index in [1.165, 1.54) is 13.0 Å². The standard InChI is InChI=1S/C19H25BClNO6/c1-12(23)22-10-14(20-27-18(2,3)19(4,5)28-20)8-13-6-7-15(21)9-16(13)26-11-17(24)25/h6-9H,10-11H2,1-5H3,(H,22,23)(H,24,25). The molecule has 0 atom stereocenters. The van der Waals surface area contributed by atoms with Gasteiger partial charge in [-0.05, 0) is 51.4 Å². The molecule has 2 N–H and O–H groups in total. The minimum absolute atomic E-state index is 0.194. The summed E-state index contributed by atoms with van der Waals surface area (Å²) < 4.78 is 17.5. The fourth-order valence-corrected chi connectivity index (χ4v) is 2.68. The number of carbonyl (C=O) groups is 2. The van der Waals surface area contributed by atoms with Gasteiger partial charge in [0.05, 0.1) is 11.2 Å². The maximum Gasteiger partial charge on any atom is 0.492 e. The van der Waals surface area contributed by atoms with Gasteiger partial charge in [-0.1, -0.05) is 17.7 Å². The third-order valence-electron chi connectivity index (χ3n) is 4.77. The van der Waals surface area contributed by atoms with E-state index in [2.05, 4.69) is 5.32 Å². The SMILES string of the molecule is CC(=O)NCC(=Cc1ccc(Cl)cc1OCC(=O)O)B1OC(C)(C)C(C)(C)O1. The van der Waals surface area contributed by atoms with Crippen LogP contribution in [-0.2, 0) is 18.9 Å². The monoisotopic (exact) mass is 409 g/mol. The first-order chi connectivity index (χ1) is 12.9. The van der Waals surface area contributed by atoms with Gasteiger partial charge in [0, 0.05) is 24.1 Å². The number of benzene rings is 1. The molecule has 28 heavy (non-hydrogen) atoms. The average molecular weight is 410 g/mol. The molecule has 1 aliphatic heterocycles. The van der Waals surface area contributed by atoms with Crippen molar-refractivity contribution in [3.63, 3.8) is 0 Å². The number of carbonyl (C=O) groups excluding carboxylic acids is 1. The molecule has 0 aliphatic carbocycles. The zero-order valence-electron chi connectivity index (χ0n) is 16.7. The van der Waals surface area contributed by atoms with Crippen LogP contribution in [0.3, 0.4) is 0 Å². The lowest BCUT2D eigenvalue weighted by Crippen LogP contribution is -2.41. The van der Waals surface area contributed by atoms with Crippen molar-refractivity contribution in [1.29, 1.82) is 0 Å². The third kappa shape index (κ3) is 5.50. The van der Waals surface area contributed by atoms with E-state index in [0.717, 1.165) is 0 Å². The molecule has 1 saturated heterocycles. The third-order valence-corrected chi connectivity index (χ3v) is 5.00. The van der Waals surface area contributed by atoms with Gasteiger partial charge in [0.2, 0.25) is 5.91 Å². The molecular formula is C19H25BClNO6. The summed E-state index contributed by atoms with van der Waals surface area (Å²) in [6.45, 7) is 8.87. The Kier molecular flexibility index (Phi) is 6.80. The van der Waals surface area contributed by atoms with Crippen LogP contribution in [0.2, 0.25) is 5.02 Å². The number of hydrogen-bond acceptors (Lipinski definition) is 5. The van der Waals surface area contributed by atoms with Crippen molar-refractivity contribution in [3.8, 4) is 5.75 Å². The van der Waals surface area contributed by atoms with Gasteiger partial charge in [0.15, 0.2) is 6.61 Å². The highest BCUT2D eigenvalue weighted by molar-refractivity contribution is 6.56. The van der Waals surface area contributed by atoms with Gasteiger partial charge in [0.25, 0.3) is 0 Å². The van der Waals surface area contributed by atoms with Gasteiger partial charge in [-0.3, -0.25) is 4.79 Å². The van der Waals surface area contributed by atoms with Crippen molar-refractivity contribution in [2.45, 2.75) is 45.8 Å². The molecule has 1 heterocycles. The Labute approximate surface area is 170 Å². The van der Waals surface area contributed by atoms with E-state index in [1.54, 1.807) is 18.2 Å². The molecule has 2 rings (SSSR count). The fourth-order valence-electron chi connectivity index (χ4n) is 2.52. The Bertz CT molecular complexity index is 777. The van der Waals surface area contributed by atoms with E-state index in [9.17, 15) is 9.59 Å². The van der Waals surface area contributed by atoms with Crippen molar-refractivity contribution in [2.75, 3.05) is 13.2 Å². The normalized spacial score (nSPS) is 18.1. The highest BCUT2D eigenvalue weighted by Crippen LogP contribution is 2.39. The van der Waals surface area contributed by atoms with Crippen molar-refractivity contribution < 1.29 is 28.7 Å². The molecule has 1 aliphatic rings. The molecule has 1 aromatic rings. The zero-order chi connectivity index (χ0) is 21.1. The Balaban J connectivity index is 2.40. The molecule has 0 unspecified atom stereocenters. The second-order valence-electron chi connectivity index (χ2n) is 7.58. The molecule has 9 heteroatoms. The molecule has 0 bridgehead atoms. The number of nitrogens with one attached hydrogen (secondary N) is 1. The molecule has 0 aromatic heterocycles. The first kappa shape index (κ1) is 22.3. The van der Waals surface area contributed by atoms with Crippen LogP contribution in [0.15, 0.2) is 23.7 Å². The molecule has 1 fully saturated rings. The maximum absolute atomic E-state index is 11.4. The van der Waals surface area contributed by atoms with Crippen molar-refractivity contribution >= 4 is 36.7 Å². The van der Waals surface area contributed by atoms with E-state index in [1.807, 2.05) is 27.7 Å². The zero-order valence-corrected chi connectivity index (χ0v) is 17.4. The average Bonchev–Trinajstić information content (AvgIpc) is 2.78. The Hall–Kier alpha value is -2.03. The summed E-state index contributed by atoms with van der Waals surface area (Å²) in [5.41, 5.74) is 0.169. The second kappa shape index (κ2) is 8.55. The summed E-state index contributed by atoms with van der Waals surface area (Å²) in [7, 11) is -0.681. The van der Waals surface area contributed by atoms with Crippen LogP contribution in [0.1, 0.15) is 40.2 Å². The molecule has 0 saturated carbocycles. The lowest BCUT2D eigenvalue weighted by atomic mass is 9.77. The fraction of sp³-hybridized carbons (Fsp3) is 0.474. The smallest absolute Gasteiger partial charge is 0.481 e. The lowest BCUT2D eigenvalue weighted by molar-refractivity contribution is -0.139. The Morgan fingerprint density at radius 1 is 1.25 bits per heavy atom. The van der Waals surface area contributed by atoms with Gasteiger partial charge in [-0.2, -0.15) is 0 Å². The number of carboxylic acid groups (broad SMARTS) is 1. The van der Waals surface area contributed by atoms with E-state index >= 15 is 0 Å². The molecule has 7 nitrogen and oxygen atoms in total. The molecule has 0 radical (unpaired) electrons. The van der Waals surface area contributed by atoms with Crippen LogP contribution in [0.25, 0.3) is 6.08 Å². The molecule has 152 valence electrons. The first-order valence-electron chi connectivity index (χ1n) is 8.86. The summed E-state index contributed by atoms with van der Waals surface area (Å²) in [6.07, 6.45) is 1.76. The lowest BCUT2D eigenvalue weighted by Gasteiger charge is -2.32. The first-order valence-corrected chi connectivity index (χ1v) is 9.24. The number of aliphatic carboxylic acids is 1. The van der Waals surface area contributed by atoms with E-state index in [-0.39, 0.29) is 12.5 Å². The van der Waals surface area contributed by atoms with Gasteiger partial charge < -0.3 is 24.5 Å². The van der Waals surface area contributed by atoms with Crippen LogP contribution >= 0.6 is 11.6 Å². The molecule has 1 aromatic carbocycles. The van der Waals surface area contributed by atoms with Gasteiger partial charge >= 0.3 is 13.1 Å². The summed E-state index contributed by atoms with van der Waals surface area (Å²) in [5, 5.41) is 12.1. The van der Waals surface area contributed by atoms with Crippen LogP contribution < -0.4 is 10.1 Å². The minimum atomic E-state index is -1.10. The molecule has 0 spiro atoms. The highest BCUT2D eigenvalue weighted by Gasteiger charge is 2.52. The highest BCUT2D eigenvalue weighted by atomic mass is 35.5. The van der Waals surface area contributed by atoms with Crippen LogP contribution in [0.5, 0.6) is 5.75 Å². The topological polar surface area (TPSA) is 94.1 Å². The second-order valence-corrected chi connectivity index (χ2v) is 8.02. The van der Waals surface area contributed by atoms with Crippen molar-refractivity contribution in [1.82, 2.24) is 5.32 Å². The summed E-state index contributed by atoms with van der Waals surface area (Å²) >= 11 is 6.02. The van der Waals surface area contributed by atoms with Crippen molar-refractivity contribution in [3.05, 3.63) is 34.3 Å². The van der Waals surface area contributed by atoms with E-state index in [0.29, 0.717) is 21.8 Å². The van der Waals surface area contributed by atoms with Crippen LogP contribution in [0, 0.1) is 0 Å². The largest absolute Gasteiger partial charge is 0.492 e. The van der Waals surface area contributed by atoms with Gasteiger partial charge in [-0.25, -0.2) is 4.79 Å². The summed E-state index contributed by atoms with van der Waals surface area (Å²) in [4.78, 5) is 22.3. The number of halogens is 1. The molecular weight excluding hydrogens is 384 g/mol. The number of rotatable bonds is 7. The Morgan fingerprint density at radius 2 is 1.86 bits per heavy atom. The quantitative estimate of drug-likeness (QED) is 0.672. The number of ether oxygens (including phenoxy) is 1. The summed E-state index contributed by atoms with van der Waals surface area (Å²) in [6, 6.07) is 4.91. The van der Waals surface area contributed by atoms with Gasteiger partial charge in [0.1, 0.15) is 5.75 Å². The summed E-state index contributed by atoms with van der Waals surface area (Å²) in [5.74, 6) is -0.980. The predicted molar refractivity (Wildman–Crippen MR) is 107 cm³/mol. The van der Waals surface area contributed by atoms with Crippen molar-refractivity contribution in [2.24, 2.45) is 0 Å². The number of amides is 1. The molecule has 1 amide bonds. The van der Waals surface area contributed by atoms with Gasteiger partial charge in [-0.15, -0.1) is 0 Å². The van der Waals surface area contributed by atoms with Crippen LogP contribution in [-0.4, -0.2) is 48.5 Å². The van der Waals surface area contributed by atoms with Crippen LogP contribution in [0.4, 0.5) is 0 Å². The Morgan fingerprint density at radius 3 is 2.39 bits per heavy atom. The maximum atomic E-state index is 11.4. The number of hydrogen-bond donors (Lipinski definition) is 2.